The van der Waals surface area contributed by atoms with E-state index in [4.69, 9.17) is 14.4 Å². The van der Waals surface area contributed by atoms with Crippen molar-refractivity contribution in [3.8, 4) is 0 Å². The lowest BCUT2D eigenvalue weighted by Crippen LogP contribution is -2.34. The van der Waals surface area contributed by atoms with Gasteiger partial charge in [0.2, 0.25) is 0 Å². The summed E-state index contributed by atoms with van der Waals surface area (Å²) in [6.45, 7) is 2.24. The molecule has 0 heterocycles. The molecule has 1 atom stereocenters. The Hall–Kier alpha value is -1.15. The molecule has 0 aliphatic heterocycles. The Bertz CT molecular complexity index is 488. The van der Waals surface area contributed by atoms with Crippen LogP contribution in [-0.4, -0.2) is 41.9 Å². The number of aliphatic carboxylic acids is 1. The highest BCUT2D eigenvalue weighted by Gasteiger charge is 2.34. The molecule has 154 valence electrons. The number of ether oxygens (including phenoxy) is 1. The Morgan fingerprint density at radius 3 is 1.65 bits per heavy atom. The maximum Gasteiger partial charge on any atom is 0.327 e. The predicted molar refractivity (Wildman–Crippen MR) is 99.6 cm³/mol. The third-order valence-electron chi connectivity index (χ3n) is 4.22. The maximum absolute atomic E-state index is 11.6. The molecule has 0 radical (unpaired) electrons. The van der Waals surface area contributed by atoms with Gasteiger partial charge in [0.15, 0.2) is 5.25 Å². The molecule has 0 aliphatic rings. The molecule has 26 heavy (non-hydrogen) atoms. The molecule has 0 amide bonds. The number of hydrogen-bond donors (Lipinski definition) is 2. The zero-order chi connectivity index (χ0) is 19.8. The van der Waals surface area contributed by atoms with Gasteiger partial charge < -0.3 is 9.84 Å². The van der Waals surface area contributed by atoms with Crippen LogP contribution in [0.2, 0.25) is 0 Å². The largest absolute Gasteiger partial charge is 0.481 e. The summed E-state index contributed by atoms with van der Waals surface area (Å²) in [5.74, 6) is -2.70. The second kappa shape index (κ2) is 15.0. The van der Waals surface area contributed by atoms with E-state index in [0.717, 1.165) is 19.3 Å². The molecule has 8 heteroatoms. The molecule has 0 spiro atoms. The van der Waals surface area contributed by atoms with E-state index in [-0.39, 0.29) is 6.61 Å². The fraction of sp³-hybridized carbons (Fsp3) is 0.889. The van der Waals surface area contributed by atoms with Gasteiger partial charge in [0.1, 0.15) is 0 Å². The first kappa shape index (κ1) is 24.8. The van der Waals surface area contributed by atoms with E-state index >= 15 is 0 Å². The smallest absolute Gasteiger partial charge is 0.327 e. The molecule has 0 fully saturated rings. The van der Waals surface area contributed by atoms with Crippen molar-refractivity contribution >= 4 is 22.1 Å². The number of carbonyl (C=O) groups excluding carboxylic acids is 1. The predicted octanol–water partition coefficient (Wildman–Crippen LogP) is 3.96. The number of unbranched alkanes of at least 4 members (excludes halogenated alkanes) is 11. The van der Waals surface area contributed by atoms with Gasteiger partial charge in [-0.3, -0.25) is 14.1 Å². The monoisotopic (exact) mass is 394 g/mol. The standard InChI is InChI=1S/C18H34O7S/c1-2-3-4-5-6-7-8-9-10-11-12-13-14-25-18(21)16(15-17(19)20)26(22,23)24/h16H,2-15H2,1H3,(H,19,20)(H,22,23,24). The van der Waals surface area contributed by atoms with E-state index in [1.165, 1.54) is 51.4 Å². The highest BCUT2D eigenvalue weighted by atomic mass is 32.2. The van der Waals surface area contributed by atoms with Gasteiger partial charge in [-0.1, -0.05) is 77.6 Å². The van der Waals surface area contributed by atoms with Crippen molar-refractivity contribution < 1.29 is 32.4 Å². The number of carboxylic acids is 1. The first-order chi connectivity index (χ1) is 12.3. The van der Waals surface area contributed by atoms with Crippen LogP contribution in [0.25, 0.3) is 0 Å². The molecule has 0 aromatic heterocycles. The maximum atomic E-state index is 11.6. The second-order valence-corrected chi connectivity index (χ2v) is 8.26. The van der Waals surface area contributed by atoms with Crippen LogP contribution >= 0.6 is 0 Å². The van der Waals surface area contributed by atoms with E-state index in [9.17, 15) is 18.0 Å². The van der Waals surface area contributed by atoms with Gasteiger partial charge in [0.05, 0.1) is 13.0 Å². The van der Waals surface area contributed by atoms with Gasteiger partial charge in [-0.15, -0.1) is 0 Å². The summed E-state index contributed by atoms with van der Waals surface area (Å²) in [4.78, 5) is 22.2. The molecule has 1 unspecified atom stereocenters. The lowest BCUT2D eigenvalue weighted by atomic mass is 10.1. The van der Waals surface area contributed by atoms with Crippen LogP contribution in [0.5, 0.6) is 0 Å². The van der Waals surface area contributed by atoms with Crippen LogP contribution < -0.4 is 0 Å². The number of rotatable bonds is 17. The van der Waals surface area contributed by atoms with Crippen molar-refractivity contribution in [2.45, 2.75) is 95.6 Å². The Kier molecular flexibility index (Phi) is 14.3. The summed E-state index contributed by atoms with van der Waals surface area (Å²) in [5.41, 5.74) is 0. The summed E-state index contributed by atoms with van der Waals surface area (Å²) in [5, 5.41) is 6.54. The fourth-order valence-electron chi connectivity index (χ4n) is 2.68. The topological polar surface area (TPSA) is 118 Å². The Labute approximate surface area is 157 Å². The van der Waals surface area contributed by atoms with E-state index in [1.807, 2.05) is 0 Å². The van der Waals surface area contributed by atoms with Crippen LogP contribution in [0, 0.1) is 0 Å². The molecular formula is C18H34O7S. The molecule has 0 bridgehead atoms. The molecule has 0 rings (SSSR count). The fourth-order valence-corrected chi connectivity index (χ4v) is 3.34. The first-order valence-electron chi connectivity index (χ1n) is 9.63. The van der Waals surface area contributed by atoms with E-state index < -0.39 is 33.7 Å². The van der Waals surface area contributed by atoms with Gasteiger partial charge in [-0.2, -0.15) is 8.42 Å². The van der Waals surface area contributed by atoms with E-state index in [1.54, 1.807) is 0 Å². The summed E-state index contributed by atoms with van der Waals surface area (Å²) in [7, 11) is -4.78. The van der Waals surface area contributed by atoms with Crippen molar-refractivity contribution in [2.75, 3.05) is 6.61 Å². The number of hydrogen-bond acceptors (Lipinski definition) is 5. The molecule has 0 aliphatic carbocycles. The zero-order valence-electron chi connectivity index (χ0n) is 15.8. The van der Waals surface area contributed by atoms with Gasteiger partial charge in [0, 0.05) is 0 Å². The Morgan fingerprint density at radius 1 is 0.846 bits per heavy atom. The van der Waals surface area contributed by atoms with Gasteiger partial charge >= 0.3 is 11.9 Å². The number of carboxylic acid groups (broad SMARTS) is 1. The SMILES string of the molecule is CCCCCCCCCCCCCCOC(=O)C(CC(=O)O)S(=O)(=O)O. The minimum absolute atomic E-state index is 0.0297. The first-order valence-corrected chi connectivity index (χ1v) is 11.1. The lowest BCUT2D eigenvalue weighted by Gasteiger charge is -2.11. The van der Waals surface area contributed by atoms with Crippen LogP contribution in [-0.2, 0) is 24.4 Å². The molecule has 0 aromatic carbocycles. The normalized spacial score (nSPS) is 12.7. The average molecular weight is 395 g/mol. The summed E-state index contributed by atoms with van der Waals surface area (Å²) >= 11 is 0. The van der Waals surface area contributed by atoms with Crippen molar-refractivity contribution in [1.82, 2.24) is 0 Å². The summed E-state index contributed by atoms with van der Waals surface area (Å²) < 4.78 is 35.8. The van der Waals surface area contributed by atoms with Gasteiger partial charge in [-0.25, -0.2) is 0 Å². The van der Waals surface area contributed by atoms with Crippen LogP contribution in [0.4, 0.5) is 0 Å². The number of carbonyl (C=O) groups is 2. The van der Waals surface area contributed by atoms with Crippen molar-refractivity contribution in [1.29, 1.82) is 0 Å². The summed E-state index contributed by atoms with van der Waals surface area (Å²) in [6, 6.07) is 0. The van der Waals surface area contributed by atoms with Crippen LogP contribution in [0.3, 0.4) is 0 Å². The van der Waals surface area contributed by atoms with Crippen LogP contribution in [0.15, 0.2) is 0 Å². The molecule has 0 saturated heterocycles. The minimum Gasteiger partial charge on any atom is -0.481 e. The van der Waals surface area contributed by atoms with Crippen molar-refractivity contribution in [2.24, 2.45) is 0 Å². The number of esters is 1. The lowest BCUT2D eigenvalue weighted by molar-refractivity contribution is -0.147. The molecular weight excluding hydrogens is 360 g/mol. The van der Waals surface area contributed by atoms with E-state index in [0.29, 0.717) is 6.42 Å². The van der Waals surface area contributed by atoms with Crippen LogP contribution in [0.1, 0.15) is 90.4 Å². The minimum atomic E-state index is -4.78. The van der Waals surface area contributed by atoms with Crippen molar-refractivity contribution in [3.05, 3.63) is 0 Å². The highest BCUT2D eigenvalue weighted by Crippen LogP contribution is 2.12. The zero-order valence-corrected chi connectivity index (χ0v) is 16.6. The second-order valence-electron chi connectivity index (χ2n) is 6.66. The molecule has 0 saturated carbocycles. The third-order valence-corrected chi connectivity index (χ3v) is 5.30. The molecule has 0 aromatic rings. The van der Waals surface area contributed by atoms with Crippen molar-refractivity contribution in [3.63, 3.8) is 0 Å². The Morgan fingerprint density at radius 2 is 1.27 bits per heavy atom. The summed E-state index contributed by atoms with van der Waals surface area (Å²) in [6.07, 6.45) is 12.9. The molecule has 2 N–H and O–H groups in total. The van der Waals surface area contributed by atoms with E-state index in [2.05, 4.69) is 6.92 Å². The van der Waals surface area contributed by atoms with Gasteiger partial charge in [0.25, 0.3) is 10.1 Å². The van der Waals surface area contributed by atoms with Gasteiger partial charge in [-0.05, 0) is 6.42 Å². The molecule has 7 nitrogen and oxygen atoms in total. The third kappa shape index (κ3) is 14.1. The quantitative estimate of drug-likeness (QED) is 0.218. The highest BCUT2D eigenvalue weighted by molar-refractivity contribution is 7.87. The Balaban J connectivity index is 3.64. The average Bonchev–Trinajstić information content (AvgIpc) is 2.55.